The summed E-state index contributed by atoms with van der Waals surface area (Å²) in [6.45, 7) is 8.77. The molecule has 2 heteroatoms. The Hall–Kier alpha value is -0.240. The normalized spacial score (nSPS) is 26.2. The summed E-state index contributed by atoms with van der Waals surface area (Å²) in [5, 5.41) is 1.81. The van der Waals surface area contributed by atoms with Crippen molar-refractivity contribution in [3.63, 3.8) is 0 Å². The predicted molar refractivity (Wildman–Crippen MR) is 57.7 cm³/mol. The summed E-state index contributed by atoms with van der Waals surface area (Å²) in [6, 6.07) is 0. The molecule has 12 heavy (non-hydrogen) atoms. The number of hydrogen-bond acceptors (Lipinski definition) is 2. The lowest BCUT2D eigenvalue weighted by Gasteiger charge is -2.18. The Morgan fingerprint density at radius 3 is 2.83 bits per heavy atom. The van der Waals surface area contributed by atoms with E-state index in [0.29, 0.717) is 11.2 Å². The van der Waals surface area contributed by atoms with Gasteiger partial charge in [-0.2, -0.15) is 0 Å². The fraction of sp³-hybridized carbons (Fsp3) is 0.700. The minimum absolute atomic E-state index is 0.603. The lowest BCUT2D eigenvalue weighted by atomic mass is 10.0. The highest BCUT2D eigenvalue weighted by Gasteiger charge is 2.13. The Bertz CT molecular complexity index is 218. The molecule has 1 nitrogen and oxygen atoms in total. The third kappa shape index (κ3) is 2.37. The largest absolute Gasteiger partial charge is 0.251 e. The van der Waals surface area contributed by atoms with E-state index in [-0.39, 0.29) is 0 Å². The predicted octanol–water partition coefficient (Wildman–Crippen LogP) is 3.47. The third-order valence-corrected chi connectivity index (χ3v) is 3.11. The van der Waals surface area contributed by atoms with Crippen molar-refractivity contribution < 1.29 is 0 Å². The highest BCUT2D eigenvalue weighted by atomic mass is 32.2. The Labute approximate surface area is 79.3 Å². The van der Waals surface area contributed by atoms with Gasteiger partial charge < -0.3 is 0 Å². The minimum atomic E-state index is 0.603. The van der Waals surface area contributed by atoms with Gasteiger partial charge in [0.2, 0.25) is 0 Å². The number of hydrogen-bond donors (Lipinski definition) is 0. The zero-order chi connectivity index (χ0) is 9.14. The second-order valence-electron chi connectivity index (χ2n) is 3.35. The highest BCUT2D eigenvalue weighted by Crippen LogP contribution is 2.27. The molecule has 0 radical (unpaired) electrons. The molecule has 1 heterocycles. The first kappa shape index (κ1) is 9.85. The molecule has 0 N–H and O–H groups in total. The first-order valence-corrected chi connectivity index (χ1v) is 5.45. The quantitative estimate of drug-likeness (QED) is 0.638. The van der Waals surface area contributed by atoms with Gasteiger partial charge in [-0.25, -0.2) is 0 Å². The fourth-order valence-corrected chi connectivity index (χ4v) is 2.18. The maximum absolute atomic E-state index is 4.54. The summed E-state index contributed by atoms with van der Waals surface area (Å²) in [4.78, 5) is 4.54. The van der Waals surface area contributed by atoms with Crippen molar-refractivity contribution in [2.24, 2.45) is 10.9 Å². The molecule has 1 unspecified atom stereocenters. The molecule has 0 aromatic heterocycles. The van der Waals surface area contributed by atoms with Gasteiger partial charge in [-0.3, -0.25) is 4.99 Å². The van der Waals surface area contributed by atoms with E-state index in [4.69, 9.17) is 0 Å². The zero-order valence-corrected chi connectivity index (χ0v) is 9.11. The number of allylic oxidation sites excluding steroid dienone is 1. The van der Waals surface area contributed by atoms with Crippen molar-refractivity contribution in [2.75, 3.05) is 0 Å². The number of nitrogens with zero attached hydrogens (tertiary/aromatic N) is 1. The van der Waals surface area contributed by atoms with Gasteiger partial charge >= 0.3 is 0 Å². The maximum Gasteiger partial charge on any atom is 0.0709 e. The molecule has 1 aliphatic rings. The van der Waals surface area contributed by atoms with Gasteiger partial charge in [0.15, 0.2) is 0 Å². The Kier molecular flexibility index (Phi) is 3.39. The van der Waals surface area contributed by atoms with Crippen molar-refractivity contribution in [2.45, 2.75) is 39.4 Å². The van der Waals surface area contributed by atoms with Crippen LogP contribution in [0.4, 0.5) is 0 Å². The molecule has 0 aliphatic carbocycles. The second-order valence-corrected chi connectivity index (χ2v) is 4.92. The van der Waals surface area contributed by atoms with Crippen molar-refractivity contribution in [1.29, 1.82) is 0 Å². The molecule has 0 aromatic rings. The molecule has 0 aromatic carbocycles. The van der Waals surface area contributed by atoms with E-state index in [2.05, 4.69) is 38.8 Å². The van der Waals surface area contributed by atoms with E-state index < -0.39 is 0 Å². The zero-order valence-electron chi connectivity index (χ0n) is 8.29. The van der Waals surface area contributed by atoms with Gasteiger partial charge in [-0.05, 0) is 32.3 Å². The van der Waals surface area contributed by atoms with Crippen LogP contribution < -0.4 is 0 Å². The summed E-state index contributed by atoms with van der Waals surface area (Å²) < 4.78 is 0. The van der Waals surface area contributed by atoms with Gasteiger partial charge in [0.25, 0.3) is 0 Å². The molecule has 1 aliphatic heterocycles. The van der Waals surface area contributed by atoms with Gasteiger partial charge in [0.05, 0.1) is 5.04 Å². The van der Waals surface area contributed by atoms with Gasteiger partial charge in [0.1, 0.15) is 0 Å². The summed E-state index contributed by atoms with van der Waals surface area (Å²) in [5.74, 6) is 0.614. The van der Waals surface area contributed by atoms with Gasteiger partial charge in [-0.1, -0.05) is 13.8 Å². The Balaban J connectivity index is 2.75. The van der Waals surface area contributed by atoms with E-state index in [1.165, 1.54) is 17.2 Å². The maximum atomic E-state index is 4.54. The molecule has 0 saturated heterocycles. The van der Waals surface area contributed by atoms with Crippen LogP contribution in [0.5, 0.6) is 0 Å². The minimum Gasteiger partial charge on any atom is -0.251 e. The molecular formula is C10H17NS. The molecule has 0 saturated carbocycles. The summed E-state index contributed by atoms with van der Waals surface area (Å²) in [6.07, 6.45) is 3.46. The summed E-state index contributed by atoms with van der Waals surface area (Å²) in [5.41, 5.74) is 1.28. The number of thioether (sulfide) groups is 1. The Morgan fingerprint density at radius 1 is 1.67 bits per heavy atom. The van der Waals surface area contributed by atoms with Crippen LogP contribution in [0.15, 0.2) is 16.8 Å². The summed E-state index contributed by atoms with van der Waals surface area (Å²) in [7, 11) is 0. The van der Waals surface area contributed by atoms with Crippen molar-refractivity contribution in [3.05, 3.63) is 11.8 Å². The molecule has 68 valence electrons. The van der Waals surface area contributed by atoms with Crippen LogP contribution in [0.25, 0.3) is 0 Å². The number of aliphatic imine (C=N–C) groups is 1. The fourth-order valence-electron chi connectivity index (χ4n) is 1.27. The highest BCUT2D eigenvalue weighted by molar-refractivity contribution is 8.14. The topological polar surface area (TPSA) is 12.4 Å². The smallest absolute Gasteiger partial charge is 0.0709 e. The van der Waals surface area contributed by atoms with Crippen molar-refractivity contribution in [3.8, 4) is 0 Å². The Morgan fingerprint density at radius 2 is 2.33 bits per heavy atom. The van der Waals surface area contributed by atoms with Crippen molar-refractivity contribution in [1.82, 2.24) is 0 Å². The van der Waals surface area contributed by atoms with Gasteiger partial charge in [0, 0.05) is 10.9 Å². The average Bonchev–Trinajstić information content (AvgIpc) is 2.01. The SMILES string of the molecule is CCC(C)C1=C[C@@H](C)SC(C)=N1. The molecule has 0 amide bonds. The van der Waals surface area contributed by atoms with E-state index >= 15 is 0 Å². The van der Waals surface area contributed by atoms with Crippen LogP contribution in [0.2, 0.25) is 0 Å². The molecule has 0 fully saturated rings. The molecule has 2 atom stereocenters. The van der Waals surface area contributed by atoms with Crippen LogP contribution >= 0.6 is 11.8 Å². The first-order chi connectivity index (χ1) is 5.63. The lowest BCUT2D eigenvalue weighted by Crippen LogP contribution is -2.08. The van der Waals surface area contributed by atoms with E-state index in [1.54, 1.807) is 0 Å². The van der Waals surface area contributed by atoms with Crippen LogP contribution in [-0.4, -0.2) is 10.3 Å². The van der Waals surface area contributed by atoms with Crippen LogP contribution in [0.3, 0.4) is 0 Å². The monoisotopic (exact) mass is 183 g/mol. The van der Waals surface area contributed by atoms with Crippen molar-refractivity contribution >= 4 is 16.8 Å². The third-order valence-electron chi connectivity index (χ3n) is 2.17. The number of rotatable bonds is 2. The molecule has 1 rings (SSSR count). The van der Waals surface area contributed by atoms with Crippen LogP contribution in [0, 0.1) is 5.92 Å². The van der Waals surface area contributed by atoms with Crippen LogP contribution in [-0.2, 0) is 0 Å². The standard InChI is InChI=1S/C10H17NS/c1-5-7(2)10-6-8(3)12-9(4)11-10/h6-8H,5H2,1-4H3/t7?,8-/m1/s1. The lowest BCUT2D eigenvalue weighted by molar-refractivity contribution is 0.645. The van der Waals surface area contributed by atoms with E-state index in [1.807, 2.05) is 11.8 Å². The molecular weight excluding hydrogens is 166 g/mol. The average molecular weight is 183 g/mol. The van der Waals surface area contributed by atoms with E-state index in [0.717, 1.165) is 0 Å². The van der Waals surface area contributed by atoms with Gasteiger partial charge in [-0.15, -0.1) is 11.8 Å². The second kappa shape index (κ2) is 4.13. The van der Waals surface area contributed by atoms with Crippen LogP contribution in [0.1, 0.15) is 34.1 Å². The molecule has 0 bridgehead atoms. The van der Waals surface area contributed by atoms with E-state index in [9.17, 15) is 0 Å². The summed E-state index contributed by atoms with van der Waals surface area (Å²) >= 11 is 1.85. The molecule has 0 spiro atoms. The first-order valence-electron chi connectivity index (χ1n) is 4.57.